The predicted octanol–water partition coefficient (Wildman–Crippen LogP) is 1.84. The van der Waals surface area contributed by atoms with Crippen molar-refractivity contribution in [1.82, 2.24) is 4.98 Å². The van der Waals surface area contributed by atoms with E-state index in [2.05, 4.69) is 9.72 Å². The van der Waals surface area contributed by atoms with Gasteiger partial charge in [0.1, 0.15) is 11.4 Å². The number of hydrogen-bond donors (Lipinski definition) is 0. The Morgan fingerprint density at radius 2 is 2.14 bits per heavy atom. The average Bonchev–Trinajstić information content (AvgIpc) is 2.14. The highest BCUT2D eigenvalue weighted by atomic mass is 19.4. The van der Waals surface area contributed by atoms with E-state index in [1.54, 1.807) is 0 Å². The maximum atomic E-state index is 11.7. The second-order valence-electron chi connectivity index (χ2n) is 2.44. The molecule has 0 amide bonds. The largest absolute Gasteiger partial charge is 0.483 e. The summed E-state index contributed by atoms with van der Waals surface area (Å²) in [4.78, 5) is 13.7. The fourth-order valence-electron chi connectivity index (χ4n) is 0.712. The molecule has 0 radical (unpaired) electrons. The Hall–Kier alpha value is -1.59. The molecule has 76 valence electrons. The molecule has 0 N–H and O–H groups in total. The van der Waals surface area contributed by atoms with Gasteiger partial charge in [-0.25, -0.2) is 4.98 Å². The van der Waals surface area contributed by atoms with Crippen LogP contribution in [0.1, 0.15) is 10.5 Å². The number of nitrogens with zero attached hydrogens (tertiary/aromatic N) is 1. The number of aldehydes is 1. The summed E-state index contributed by atoms with van der Waals surface area (Å²) in [6.07, 6.45) is -2.81. The Morgan fingerprint density at radius 1 is 1.43 bits per heavy atom. The molecular formula is C8H6F3NO2. The molecule has 1 heterocycles. The highest BCUT2D eigenvalue weighted by Gasteiger charge is 2.28. The Labute approximate surface area is 77.5 Å². The first kappa shape index (κ1) is 10.5. The summed E-state index contributed by atoms with van der Waals surface area (Å²) in [5.74, 6) is -0.0204. The number of hydrogen-bond acceptors (Lipinski definition) is 3. The van der Waals surface area contributed by atoms with Gasteiger partial charge in [0, 0.05) is 0 Å². The lowest BCUT2D eigenvalue weighted by Crippen LogP contribution is -2.19. The fraction of sp³-hybridized carbons (Fsp3) is 0.250. The van der Waals surface area contributed by atoms with E-state index < -0.39 is 12.8 Å². The molecule has 1 rings (SSSR count). The van der Waals surface area contributed by atoms with Gasteiger partial charge in [-0.1, -0.05) is 0 Å². The van der Waals surface area contributed by atoms with Crippen LogP contribution >= 0.6 is 0 Å². The van der Waals surface area contributed by atoms with Gasteiger partial charge in [-0.3, -0.25) is 4.79 Å². The number of aromatic nitrogens is 1. The number of ether oxygens (including phenoxy) is 1. The van der Waals surface area contributed by atoms with Crippen molar-refractivity contribution < 1.29 is 22.7 Å². The Kier molecular flexibility index (Phi) is 3.06. The third-order valence-corrected chi connectivity index (χ3v) is 1.28. The minimum Gasteiger partial charge on any atom is -0.483 e. The Morgan fingerprint density at radius 3 is 2.57 bits per heavy atom. The van der Waals surface area contributed by atoms with Crippen molar-refractivity contribution in [3.05, 3.63) is 24.0 Å². The maximum Gasteiger partial charge on any atom is 0.422 e. The molecule has 0 bridgehead atoms. The van der Waals surface area contributed by atoms with Crippen LogP contribution in [0.4, 0.5) is 13.2 Å². The summed E-state index contributed by atoms with van der Waals surface area (Å²) >= 11 is 0. The van der Waals surface area contributed by atoms with Crippen LogP contribution in [0.25, 0.3) is 0 Å². The van der Waals surface area contributed by atoms with E-state index in [4.69, 9.17) is 0 Å². The van der Waals surface area contributed by atoms with Crippen LogP contribution in [0, 0.1) is 0 Å². The van der Waals surface area contributed by atoms with Crippen LogP contribution in [0.15, 0.2) is 18.3 Å². The minimum absolute atomic E-state index is 0.0204. The molecule has 0 atom stereocenters. The maximum absolute atomic E-state index is 11.7. The van der Waals surface area contributed by atoms with Crippen molar-refractivity contribution in [1.29, 1.82) is 0 Å². The quantitative estimate of drug-likeness (QED) is 0.706. The Balaban J connectivity index is 2.56. The van der Waals surface area contributed by atoms with Gasteiger partial charge >= 0.3 is 6.18 Å². The van der Waals surface area contributed by atoms with E-state index in [1.165, 1.54) is 12.1 Å². The summed E-state index contributed by atoms with van der Waals surface area (Å²) in [5, 5.41) is 0. The lowest BCUT2D eigenvalue weighted by molar-refractivity contribution is -0.153. The summed E-state index contributed by atoms with van der Waals surface area (Å²) in [6.45, 7) is -1.37. The van der Waals surface area contributed by atoms with Gasteiger partial charge in [0.15, 0.2) is 12.9 Å². The first-order valence-corrected chi connectivity index (χ1v) is 3.62. The normalized spacial score (nSPS) is 11.1. The molecule has 0 unspecified atom stereocenters. The second kappa shape index (κ2) is 4.08. The second-order valence-corrected chi connectivity index (χ2v) is 2.44. The van der Waals surface area contributed by atoms with Crippen LogP contribution < -0.4 is 4.74 Å². The van der Waals surface area contributed by atoms with Crippen LogP contribution in [0.5, 0.6) is 5.75 Å². The molecule has 0 fully saturated rings. The first-order chi connectivity index (χ1) is 6.51. The number of carbonyl (C=O) groups is 1. The van der Waals surface area contributed by atoms with Crippen molar-refractivity contribution >= 4 is 6.29 Å². The van der Waals surface area contributed by atoms with Gasteiger partial charge in [0.25, 0.3) is 0 Å². The third-order valence-electron chi connectivity index (χ3n) is 1.28. The highest BCUT2D eigenvalue weighted by Crippen LogP contribution is 2.17. The first-order valence-electron chi connectivity index (χ1n) is 3.62. The van der Waals surface area contributed by atoms with Crippen LogP contribution in [0.3, 0.4) is 0 Å². The number of alkyl halides is 3. The molecule has 1 aromatic rings. The lowest BCUT2D eigenvalue weighted by Gasteiger charge is -2.08. The highest BCUT2D eigenvalue weighted by molar-refractivity contribution is 5.71. The monoisotopic (exact) mass is 205 g/mol. The van der Waals surface area contributed by atoms with Gasteiger partial charge in [-0.2, -0.15) is 13.2 Å². The van der Waals surface area contributed by atoms with Gasteiger partial charge in [-0.05, 0) is 12.1 Å². The standard InChI is InChI=1S/C8H6F3NO2/c9-8(10,11)5-14-7-2-1-6(4-13)12-3-7/h1-4H,5H2. The average molecular weight is 205 g/mol. The summed E-state index contributed by atoms with van der Waals surface area (Å²) in [7, 11) is 0. The van der Waals surface area contributed by atoms with Gasteiger partial charge in [0.05, 0.1) is 6.20 Å². The van der Waals surface area contributed by atoms with E-state index >= 15 is 0 Å². The van der Waals surface area contributed by atoms with Gasteiger partial charge in [-0.15, -0.1) is 0 Å². The van der Waals surface area contributed by atoms with E-state index in [1.807, 2.05) is 0 Å². The number of halogens is 3. The topological polar surface area (TPSA) is 39.2 Å². The fourth-order valence-corrected chi connectivity index (χ4v) is 0.712. The molecule has 0 spiro atoms. The SMILES string of the molecule is O=Cc1ccc(OCC(F)(F)F)cn1. The van der Waals surface area contributed by atoms with E-state index in [-0.39, 0.29) is 11.4 Å². The number of carbonyl (C=O) groups excluding carboxylic acids is 1. The zero-order valence-electron chi connectivity index (χ0n) is 6.91. The van der Waals surface area contributed by atoms with Crippen LogP contribution in [-0.2, 0) is 0 Å². The number of rotatable bonds is 3. The third kappa shape index (κ3) is 3.42. The van der Waals surface area contributed by atoms with Gasteiger partial charge < -0.3 is 4.74 Å². The molecule has 0 aliphatic carbocycles. The van der Waals surface area contributed by atoms with Crippen LogP contribution in [0.2, 0.25) is 0 Å². The van der Waals surface area contributed by atoms with Gasteiger partial charge in [0.2, 0.25) is 0 Å². The summed E-state index contributed by atoms with van der Waals surface area (Å²) in [6, 6.07) is 2.53. The molecule has 0 aliphatic rings. The molecule has 3 nitrogen and oxygen atoms in total. The molecule has 6 heteroatoms. The molecule has 0 saturated heterocycles. The van der Waals surface area contributed by atoms with Crippen molar-refractivity contribution in [2.24, 2.45) is 0 Å². The Bertz CT molecular complexity index is 307. The molecule has 0 saturated carbocycles. The minimum atomic E-state index is -4.37. The van der Waals surface area contributed by atoms with E-state index in [0.717, 1.165) is 6.20 Å². The number of pyridine rings is 1. The van der Waals surface area contributed by atoms with Crippen molar-refractivity contribution in [2.75, 3.05) is 6.61 Å². The smallest absolute Gasteiger partial charge is 0.422 e. The van der Waals surface area contributed by atoms with Crippen molar-refractivity contribution in [3.63, 3.8) is 0 Å². The molecule has 0 aromatic carbocycles. The molecule has 1 aromatic heterocycles. The summed E-state index contributed by atoms with van der Waals surface area (Å²) in [5.41, 5.74) is 0.143. The molecule has 0 aliphatic heterocycles. The zero-order chi connectivity index (χ0) is 10.6. The molecular weight excluding hydrogens is 199 g/mol. The van der Waals surface area contributed by atoms with E-state index in [9.17, 15) is 18.0 Å². The van der Waals surface area contributed by atoms with Crippen LogP contribution in [-0.4, -0.2) is 24.1 Å². The lowest BCUT2D eigenvalue weighted by atomic mass is 10.4. The predicted molar refractivity (Wildman–Crippen MR) is 41.2 cm³/mol. The summed E-state index contributed by atoms with van der Waals surface area (Å²) < 4.78 is 39.4. The van der Waals surface area contributed by atoms with E-state index in [0.29, 0.717) is 6.29 Å². The molecule has 14 heavy (non-hydrogen) atoms. The zero-order valence-corrected chi connectivity index (χ0v) is 6.91. The van der Waals surface area contributed by atoms with Crippen molar-refractivity contribution in [2.45, 2.75) is 6.18 Å². The van der Waals surface area contributed by atoms with Crippen molar-refractivity contribution in [3.8, 4) is 5.75 Å².